The second kappa shape index (κ2) is 10.8. The second-order valence-electron chi connectivity index (χ2n) is 9.00. The standard InChI is InChI=1S/C26H33FN2O2/c27-24-16-23(26(30)28-17-24)18-29-14-12-20(13-15-29)10-11-22-8-4-5-9-25(22)31-19-21-6-2-1-3-7-21/h4-5,8-11,16-17,20-21H,1-3,6-7,12-15,18-19H2,(H,28,30)/b11-10+. The highest BCUT2D eigenvalue weighted by Gasteiger charge is 2.19. The Bertz CT molecular complexity index is 925. The molecule has 1 aromatic carbocycles. The first kappa shape index (κ1) is 21.8. The van der Waals surface area contributed by atoms with E-state index in [2.05, 4.69) is 40.2 Å². The number of H-pyrrole nitrogens is 1. The predicted molar refractivity (Wildman–Crippen MR) is 123 cm³/mol. The minimum Gasteiger partial charge on any atom is -0.493 e. The van der Waals surface area contributed by atoms with Crippen LogP contribution in [0.3, 0.4) is 0 Å². The number of nitrogens with one attached hydrogen (secondary N) is 1. The Balaban J connectivity index is 1.29. The van der Waals surface area contributed by atoms with Crippen LogP contribution in [-0.4, -0.2) is 29.6 Å². The molecule has 1 saturated carbocycles. The van der Waals surface area contributed by atoms with Crippen LogP contribution in [0.5, 0.6) is 5.75 Å². The molecule has 1 aliphatic heterocycles. The minimum absolute atomic E-state index is 0.201. The van der Waals surface area contributed by atoms with E-state index in [0.29, 0.717) is 23.9 Å². The summed E-state index contributed by atoms with van der Waals surface area (Å²) in [7, 11) is 0. The SMILES string of the molecule is O=c1[nH]cc(F)cc1CN1CCC(/C=C/c2ccccc2OCC2CCCCC2)CC1. The van der Waals surface area contributed by atoms with E-state index in [1.165, 1.54) is 38.2 Å². The molecule has 31 heavy (non-hydrogen) atoms. The molecular formula is C26H33FN2O2. The average molecular weight is 425 g/mol. The van der Waals surface area contributed by atoms with Gasteiger partial charge in [0.25, 0.3) is 5.56 Å². The number of aromatic amines is 1. The van der Waals surface area contributed by atoms with Gasteiger partial charge in [0.15, 0.2) is 0 Å². The maximum absolute atomic E-state index is 13.4. The van der Waals surface area contributed by atoms with Crippen molar-refractivity contribution >= 4 is 6.08 Å². The number of rotatable bonds is 7. The summed E-state index contributed by atoms with van der Waals surface area (Å²) in [6, 6.07) is 9.64. The van der Waals surface area contributed by atoms with Gasteiger partial charge in [-0.25, -0.2) is 4.39 Å². The van der Waals surface area contributed by atoms with Gasteiger partial charge >= 0.3 is 0 Å². The van der Waals surface area contributed by atoms with E-state index in [0.717, 1.165) is 50.0 Å². The van der Waals surface area contributed by atoms with Crippen molar-refractivity contribution in [2.24, 2.45) is 11.8 Å². The Kier molecular flexibility index (Phi) is 7.57. The van der Waals surface area contributed by atoms with E-state index in [1.54, 1.807) is 0 Å². The zero-order valence-electron chi connectivity index (χ0n) is 18.2. The third-order valence-electron chi connectivity index (χ3n) is 6.64. The lowest BCUT2D eigenvalue weighted by molar-refractivity contribution is 0.195. The number of aromatic nitrogens is 1. The summed E-state index contributed by atoms with van der Waals surface area (Å²) in [5.74, 6) is 1.79. The maximum atomic E-state index is 13.4. The minimum atomic E-state index is -0.392. The highest BCUT2D eigenvalue weighted by Crippen LogP contribution is 2.27. The molecule has 4 rings (SSSR count). The maximum Gasteiger partial charge on any atom is 0.252 e. The summed E-state index contributed by atoms with van der Waals surface area (Å²) in [6.45, 7) is 3.14. The number of halogens is 1. The van der Waals surface area contributed by atoms with Crippen molar-refractivity contribution in [3.63, 3.8) is 0 Å². The zero-order chi connectivity index (χ0) is 21.5. The fourth-order valence-electron chi connectivity index (χ4n) is 4.71. The van der Waals surface area contributed by atoms with Crippen LogP contribution >= 0.6 is 0 Å². The molecule has 2 aliphatic rings. The molecule has 2 fully saturated rings. The van der Waals surface area contributed by atoms with Gasteiger partial charge < -0.3 is 9.72 Å². The molecule has 0 amide bonds. The Labute approximate surface area is 184 Å². The van der Waals surface area contributed by atoms with Crippen LogP contribution in [-0.2, 0) is 6.54 Å². The molecule has 0 bridgehead atoms. The van der Waals surface area contributed by atoms with Crippen molar-refractivity contribution in [2.45, 2.75) is 51.5 Å². The summed E-state index contributed by atoms with van der Waals surface area (Å²) in [4.78, 5) is 16.6. The fraction of sp³-hybridized carbons (Fsp3) is 0.500. The first-order chi connectivity index (χ1) is 15.2. The number of hydrogen-bond acceptors (Lipinski definition) is 3. The fourth-order valence-corrected chi connectivity index (χ4v) is 4.71. The van der Waals surface area contributed by atoms with Gasteiger partial charge in [0.2, 0.25) is 0 Å². The van der Waals surface area contributed by atoms with Gasteiger partial charge in [-0.05, 0) is 62.7 Å². The summed E-state index contributed by atoms with van der Waals surface area (Å²) < 4.78 is 19.6. The monoisotopic (exact) mass is 424 g/mol. The normalized spacial score (nSPS) is 19.1. The van der Waals surface area contributed by atoms with Gasteiger partial charge in [-0.2, -0.15) is 0 Å². The van der Waals surface area contributed by atoms with Crippen LogP contribution in [0.4, 0.5) is 4.39 Å². The molecule has 0 spiro atoms. The zero-order valence-corrected chi connectivity index (χ0v) is 18.2. The lowest BCUT2D eigenvalue weighted by Gasteiger charge is -2.30. The van der Waals surface area contributed by atoms with E-state index in [4.69, 9.17) is 4.74 Å². The van der Waals surface area contributed by atoms with Crippen molar-refractivity contribution in [1.82, 2.24) is 9.88 Å². The Morgan fingerprint density at radius 3 is 2.68 bits per heavy atom. The summed E-state index contributed by atoms with van der Waals surface area (Å²) in [5, 5.41) is 0. The molecule has 4 nitrogen and oxygen atoms in total. The molecule has 1 aliphatic carbocycles. The summed E-state index contributed by atoms with van der Waals surface area (Å²) >= 11 is 0. The quantitative estimate of drug-likeness (QED) is 0.647. The van der Waals surface area contributed by atoms with Gasteiger partial charge in [0.05, 0.1) is 6.61 Å². The van der Waals surface area contributed by atoms with Gasteiger partial charge in [0, 0.05) is 23.9 Å². The highest BCUT2D eigenvalue weighted by molar-refractivity contribution is 5.57. The number of para-hydroxylation sites is 1. The number of ether oxygens (including phenoxy) is 1. The molecule has 0 unspecified atom stereocenters. The van der Waals surface area contributed by atoms with Crippen LogP contribution in [0.15, 0.2) is 47.4 Å². The van der Waals surface area contributed by atoms with Crippen LogP contribution in [0, 0.1) is 17.7 Å². The smallest absolute Gasteiger partial charge is 0.252 e. The first-order valence-corrected chi connectivity index (χ1v) is 11.7. The molecule has 0 atom stereocenters. The van der Waals surface area contributed by atoms with Crippen LogP contribution < -0.4 is 10.3 Å². The second-order valence-corrected chi connectivity index (χ2v) is 9.00. The molecular weight excluding hydrogens is 391 g/mol. The Morgan fingerprint density at radius 2 is 1.87 bits per heavy atom. The van der Waals surface area contributed by atoms with E-state index in [1.807, 2.05) is 6.07 Å². The van der Waals surface area contributed by atoms with E-state index in [-0.39, 0.29) is 5.56 Å². The number of benzene rings is 1. The number of allylic oxidation sites excluding steroid dienone is 1. The number of likely N-dealkylation sites (tertiary alicyclic amines) is 1. The number of pyridine rings is 1. The van der Waals surface area contributed by atoms with Crippen molar-refractivity contribution in [3.8, 4) is 5.75 Å². The topological polar surface area (TPSA) is 45.3 Å². The molecule has 166 valence electrons. The lowest BCUT2D eigenvalue weighted by atomic mass is 9.90. The lowest BCUT2D eigenvalue weighted by Crippen LogP contribution is -2.34. The molecule has 1 saturated heterocycles. The molecule has 1 aromatic heterocycles. The van der Waals surface area contributed by atoms with Crippen LogP contribution in [0.25, 0.3) is 6.08 Å². The Hall–Kier alpha value is -2.40. The van der Waals surface area contributed by atoms with Gasteiger partial charge in [0.1, 0.15) is 11.6 Å². The molecule has 0 radical (unpaired) electrons. The van der Waals surface area contributed by atoms with Crippen LogP contribution in [0.2, 0.25) is 0 Å². The summed E-state index contributed by atoms with van der Waals surface area (Å²) in [6.07, 6.45) is 14.3. The van der Waals surface area contributed by atoms with Crippen molar-refractivity contribution in [2.75, 3.05) is 19.7 Å². The van der Waals surface area contributed by atoms with Crippen molar-refractivity contribution in [1.29, 1.82) is 0 Å². The van der Waals surface area contributed by atoms with E-state index < -0.39 is 5.82 Å². The molecule has 1 N–H and O–H groups in total. The molecule has 2 heterocycles. The van der Waals surface area contributed by atoms with Crippen LogP contribution in [0.1, 0.15) is 56.1 Å². The highest BCUT2D eigenvalue weighted by atomic mass is 19.1. The summed E-state index contributed by atoms with van der Waals surface area (Å²) in [5.41, 5.74) is 1.44. The predicted octanol–water partition coefficient (Wildman–Crippen LogP) is 5.40. The Morgan fingerprint density at radius 1 is 1.10 bits per heavy atom. The van der Waals surface area contributed by atoms with Crippen molar-refractivity contribution in [3.05, 3.63) is 69.9 Å². The molecule has 2 aromatic rings. The van der Waals surface area contributed by atoms with Crippen molar-refractivity contribution < 1.29 is 9.13 Å². The largest absolute Gasteiger partial charge is 0.493 e. The van der Waals surface area contributed by atoms with E-state index in [9.17, 15) is 9.18 Å². The van der Waals surface area contributed by atoms with Gasteiger partial charge in [-0.3, -0.25) is 9.69 Å². The van der Waals surface area contributed by atoms with E-state index >= 15 is 0 Å². The number of hydrogen-bond donors (Lipinski definition) is 1. The third kappa shape index (κ3) is 6.30. The third-order valence-corrected chi connectivity index (χ3v) is 6.64. The van der Waals surface area contributed by atoms with Gasteiger partial charge in [-0.1, -0.05) is 49.6 Å². The first-order valence-electron chi connectivity index (χ1n) is 11.7. The van der Waals surface area contributed by atoms with Gasteiger partial charge in [-0.15, -0.1) is 0 Å². The molecule has 5 heteroatoms. The average Bonchev–Trinajstić information content (AvgIpc) is 2.81. The number of nitrogens with zero attached hydrogens (tertiary/aromatic N) is 1. The number of piperidine rings is 1.